The van der Waals surface area contributed by atoms with Crippen LogP contribution in [-0.4, -0.2) is 56.7 Å². The third-order valence-corrected chi connectivity index (χ3v) is 7.03. The number of carbonyl (C=O) groups excluding carboxylic acids is 1. The van der Waals surface area contributed by atoms with Crippen molar-refractivity contribution in [2.45, 2.75) is 26.2 Å². The molecule has 9 nitrogen and oxygen atoms in total. The minimum Gasteiger partial charge on any atom is -0.504 e. The summed E-state index contributed by atoms with van der Waals surface area (Å²) in [6, 6.07) is 17.0. The highest BCUT2D eigenvalue weighted by molar-refractivity contribution is 5.97. The maximum Gasteiger partial charge on any atom is 0.322 e. The van der Waals surface area contributed by atoms with Gasteiger partial charge in [0.25, 0.3) is 5.91 Å². The number of rotatable bonds is 7. The number of hydrogen-bond acceptors (Lipinski definition) is 7. The lowest BCUT2D eigenvalue weighted by atomic mass is 9.92. The molecule has 0 atom stereocenters. The maximum atomic E-state index is 12.3. The normalized spacial score (nSPS) is 14.0. The van der Waals surface area contributed by atoms with Crippen molar-refractivity contribution in [1.29, 1.82) is 0 Å². The van der Waals surface area contributed by atoms with Gasteiger partial charge >= 0.3 is 5.97 Å². The number of aromatic nitrogens is 3. The monoisotopic (exact) mass is 511 g/mol. The number of aliphatic carboxylic acids is 1. The van der Waals surface area contributed by atoms with E-state index in [0.717, 1.165) is 31.3 Å². The molecule has 0 spiro atoms. The molecule has 2 aromatic carbocycles. The summed E-state index contributed by atoms with van der Waals surface area (Å²) >= 11 is 0. The number of hydrogen-bond donors (Lipinski definition) is 3. The molecule has 194 valence electrons. The van der Waals surface area contributed by atoms with Gasteiger partial charge in [0.2, 0.25) is 0 Å². The van der Waals surface area contributed by atoms with Crippen molar-refractivity contribution in [1.82, 2.24) is 20.3 Å². The van der Waals surface area contributed by atoms with Crippen LogP contribution in [0.4, 0.5) is 5.69 Å². The van der Waals surface area contributed by atoms with E-state index in [0.29, 0.717) is 23.9 Å². The topological polar surface area (TPSA) is 129 Å². The van der Waals surface area contributed by atoms with E-state index in [4.69, 9.17) is 5.11 Å². The third kappa shape index (κ3) is 5.41. The average Bonchev–Trinajstić information content (AvgIpc) is 2.94. The van der Waals surface area contributed by atoms with Gasteiger partial charge in [-0.25, -0.2) is 9.97 Å². The van der Waals surface area contributed by atoms with Crippen LogP contribution in [0.5, 0.6) is 5.75 Å². The molecule has 38 heavy (non-hydrogen) atoms. The van der Waals surface area contributed by atoms with Crippen LogP contribution >= 0.6 is 0 Å². The number of benzene rings is 2. The van der Waals surface area contributed by atoms with Crippen LogP contribution in [0, 0.1) is 12.8 Å². The van der Waals surface area contributed by atoms with Crippen LogP contribution < -0.4 is 10.2 Å². The Hall–Kier alpha value is -4.53. The summed E-state index contributed by atoms with van der Waals surface area (Å²) in [4.78, 5) is 38.3. The van der Waals surface area contributed by atoms with E-state index in [1.54, 1.807) is 6.92 Å². The summed E-state index contributed by atoms with van der Waals surface area (Å²) in [6.45, 7) is 2.85. The van der Waals surface area contributed by atoms with Gasteiger partial charge in [0.15, 0.2) is 11.4 Å². The quantitative estimate of drug-likeness (QED) is 0.340. The number of fused-ring (bicyclic) bond motifs is 1. The summed E-state index contributed by atoms with van der Waals surface area (Å²) < 4.78 is 0. The maximum absolute atomic E-state index is 12.3. The Morgan fingerprint density at radius 3 is 2.55 bits per heavy atom. The highest BCUT2D eigenvalue weighted by atomic mass is 16.4. The number of pyridine rings is 1. The van der Waals surface area contributed by atoms with Crippen LogP contribution in [0.15, 0.2) is 60.9 Å². The number of aryl methyl sites for hydroxylation is 1. The largest absolute Gasteiger partial charge is 0.504 e. The third-order valence-electron chi connectivity index (χ3n) is 7.03. The Balaban J connectivity index is 1.22. The van der Waals surface area contributed by atoms with Crippen molar-refractivity contribution in [3.63, 3.8) is 0 Å². The SMILES string of the molecule is Cc1nc(CC2CCN(c3ccc(-c4cccc5cnccc45)cc3)CC2)nc(C(=O)NCC(=O)O)c1O. The molecule has 1 aliphatic heterocycles. The molecule has 1 aliphatic rings. The average molecular weight is 512 g/mol. The van der Waals surface area contributed by atoms with Crippen LogP contribution in [0.3, 0.4) is 0 Å². The number of nitrogens with zero attached hydrogens (tertiary/aromatic N) is 4. The van der Waals surface area contributed by atoms with E-state index >= 15 is 0 Å². The standard InChI is InChI=1S/C29H29N5O4/c1-18-28(37)27(29(38)31-17-26(35)36)33-25(32-18)15-19-10-13-34(14-11-19)22-7-5-20(6-8-22)23-4-2-3-21-16-30-12-9-24(21)23/h2-9,12,16,19,37H,10-11,13-15,17H2,1H3,(H,31,38)(H,35,36). The second-order valence-electron chi connectivity index (χ2n) is 9.58. The van der Waals surface area contributed by atoms with Crippen molar-refractivity contribution < 1.29 is 19.8 Å². The van der Waals surface area contributed by atoms with Crippen LogP contribution in [0.25, 0.3) is 21.9 Å². The lowest BCUT2D eigenvalue weighted by Gasteiger charge is -2.33. The summed E-state index contributed by atoms with van der Waals surface area (Å²) in [5.41, 5.74) is 3.66. The zero-order valence-corrected chi connectivity index (χ0v) is 21.1. The van der Waals surface area contributed by atoms with Crippen molar-refractivity contribution in [3.8, 4) is 16.9 Å². The molecule has 2 aromatic heterocycles. The summed E-state index contributed by atoms with van der Waals surface area (Å²) in [7, 11) is 0. The predicted molar refractivity (Wildman–Crippen MR) is 144 cm³/mol. The molecule has 3 N–H and O–H groups in total. The molecule has 0 radical (unpaired) electrons. The van der Waals surface area contributed by atoms with Gasteiger partial charge in [0.1, 0.15) is 12.4 Å². The smallest absolute Gasteiger partial charge is 0.322 e. The molecule has 9 heteroatoms. The molecular weight excluding hydrogens is 482 g/mol. The van der Waals surface area contributed by atoms with Gasteiger partial charge in [-0.05, 0) is 60.4 Å². The summed E-state index contributed by atoms with van der Waals surface area (Å²) in [5, 5.41) is 23.6. The Kier molecular flexibility index (Phi) is 7.17. The minimum atomic E-state index is -1.17. The van der Waals surface area contributed by atoms with E-state index < -0.39 is 18.4 Å². The number of nitrogens with one attached hydrogen (secondary N) is 1. The Bertz CT molecular complexity index is 1480. The lowest BCUT2D eigenvalue weighted by molar-refractivity contribution is -0.135. The van der Waals surface area contributed by atoms with Gasteiger partial charge in [-0.1, -0.05) is 30.3 Å². The second-order valence-corrected chi connectivity index (χ2v) is 9.58. The number of aromatic hydroxyl groups is 1. The second kappa shape index (κ2) is 10.8. The number of carbonyl (C=O) groups is 2. The van der Waals surface area contributed by atoms with Crippen molar-refractivity contribution >= 4 is 28.3 Å². The molecule has 0 bridgehead atoms. The minimum absolute atomic E-state index is 0.186. The highest BCUT2D eigenvalue weighted by Gasteiger charge is 2.23. The lowest BCUT2D eigenvalue weighted by Crippen LogP contribution is -2.34. The number of carboxylic acids is 1. The molecular formula is C29H29N5O4. The van der Waals surface area contributed by atoms with E-state index in [2.05, 4.69) is 67.6 Å². The zero-order chi connectivity index (χ0) is 26.6. The molecule has 5 rings (SSSR count). The molecule has 3 heterocycles. The van der Waals surface area contributed by atoms with Crippen molar-refractivity contribution in [2.75, 3.05) is 24.5 Å². The molecule has 4 aromatic rings. The van der Waals surface area contributed by atoms with Gasteiger partial charge in [-0.2, -0.15) is 0 Å². The van der Waals surface area contributed by atoms with Crippen molar-refractivity contribution in [3.05, 3.63) is 78.1 Å². The van der Waals surface area contributed by atoms with Gasteiger partial charge in [0.05, 0.1) is 5.69 Å². The van der Waals surface area contributed by atoms with E-state index in [-0.39, 0.29) is 11.4 Å². The molecule has 0 saturated carbocycles. The van der Waals surface area contributed by atoms with E-state index in [9.17, 15) is 14.7 Å². The Morgan fingerprint density at radius 1 is 1.05 bits per heavy atom. The predicted octanol–water partition coefficient (Wildman–Crippen LogP) is 3.98. The fraction of sp³-hybridized carbons (Fsp3) is 0.276. The van der Waals surface area contributed by atoms with E-state index in [1.807, 2.05) is 18.5 Å². The van der Waals surface area contributed by atoms with Crippen LogP contribution in [0.1, 0.15) is 34.8 Å². The number of amides is 1. The number of anilines is 1. The Morgan fingerprint density at radius 2 is 1.82 bits per heavy atom. The first-order valence-corrected chi connectivity index (χ1v) is 12.6. The molecule has 0 aliphatic carbocycles. The van der Waals surface area contributed by atoms with Crippen LogP contribution in [0.2, 0.25) is 0 Å². The zero-order valence-electron chi connectivity index (χ0n) is 21.1. The van der Waals surface area contributed by atoms with Gasteiger partial charge in [0, 0.05) is 43.0 Å². The summed E-state index contributed by atoms with van der Waals surface area (Å²) in [5.74, 6) is -1.40. The van der Waals surface area contributed by atoms with Gasteiger partial charge in [-0.3, -0.25) is 14.6 Å². The number of piperidine rings is 1. The molecule has 1 saturated heterocycles. The molecule has 1 fully saturated rings. The fourth-order valence-corrected chi connectivity index (χ4v) is 4.99. The van der Waals surface area contributed by atoms with E-state index in [1.165, 1.54) is 22.2 Å². The summed E-state index contributed by atoms with van der Waals surface area (Å²) in [6.07, 6.45) is 6.19. The first kappa shape index (κ1) is 25.1. The van der Waals surface area contributed by atoms with Gasteiger partial charge in [-0.15, -0.1) is 0 Å². The van der Waals surface area contributed by atoms with Crippen molar-refractivity contribution in [2.24, 2.45) is 5.92 Å². The number of carboxylic acid groups (broad SMARTS) is 1. The molecule has 0 unspecified atom stereocenters. The highest BCUT2D eigenvalue weighted by Crippen LogP contribution is 2.31. The Labute approximate surface area is 220 Å². The fourth-order valence-electron chi connectivity index (χ4n) is 4.99. The molecule has 1 amide bonds. The van der Waals surface area contributed by atoms with Crippen LogP contribution in [-0.2, 0) is 11.2 Å². The van der Waals surface area contributed by atoms with Gasteiger partial charge < -0.3 is 20.4 Å². The first-order chi connectivity index (χ1) is 18.4. The first-order valence-electron chi connectivity index (χ1n) is 12.6.